The zero-order valence-electron chi connectivity index (χ0n) is 21.1. The second-order valence-electron chi connectivity index (χ2n) is 9.26. The summed E-state index contributed by atoms with van der Waals surface area (Å²) < 4.78 is 10.4. The van der Waals surface area contributed by atoms with E-state index in [1.165, 1.54) is 17.0 Å². The molecule has 3 aliphatic rings. The maximum absolute atomic E-state index is 12.4. The number of benzene rings is 2. The highest BCUT2D eigenvalue weighted by Gasteiger charge is 2.34. The number of nitro groups is 1. The average Bonchev–Trinajstić information content (AvgIpc) is 3.52. The number of carbonyl (C=O) groups excluding carboxylic acids is 3. The molecule has 0 spiro atoms. The van der Waals surface area contributed by atoms with E-state index >= 15 is 0 Å². The number of hydrogen-bond donors (Lipinski definition) is 0. The molecule has 41 heavy (non-hydrogen) atoms. The number of hydrogen-bond acceptors (Lipinski definition) is 8. The Labute approximate surface area is 243 Å². The Morgan fingerprint density at radius 2 is 1.54 bits per heavy atom. The standard InChI is InChI=1S/C13H14N2O5.C13H14N2O2.4CH4/c1-8-3-11(12(15(18)19)4-9(8)2)13(17)14-7-20-6-10(14)5-16;1-8-3-11-12(4-9(8)2)14-5-10-6-17-7-15(10)13(11)16;;;;/h3-5,10H,6-7H2,1-2H3;3-5,10H,6-7H2,1-2H3;4*1H4/t2*10-;;;;/m11..../s1. The van der Waals surface area contributed by atoms with Gasteiger partial charge >= 0.3 is 0 Å². The van der Waals surface area contributed by atoms with Crippen LogP contribution in [0.2, 0.25) is 0 Å². The fourth-order valence-electron chi connectivity index (χ4n) is 4.25. The molecule has 11 nitrogen and oxygen atoms in total. The molecule has 3 heterocycles. The summed E-state index contributed by atoms with van der Waals surface area (Å²) in [5.41, 5.74) is 4.97. The van der Waals surface area contributed by atoms with Gasteiger partial charge in [-0.05, 0) is 68.1 Å². The highest BCUT2D eigenvalue weighted by Crippen LogP contribution is 2.29. The number of nitro benzene ring substituents is 1. The number of carbonyl (C=O) groups is 3. The second-order valence-corrected chi connectivity index (χ2v) is 9.26. The lowest BCUT2D eigenvalue weighted by Gasteiger charge is -2.18. The Bertz CT molecular complexity index is 1310. The van der Waals surface area contributed by atoms with E-state index in [0.717, 1.165) is 27.9 Å². The van der Waals surface area contributed by atoms with Crippen molar-refractivity contribution in [3.8, 4) is 0 Å². The molecule has 0 aliphatic carbocycles. The van der Waals surface area contributed by atoms with Crippen LogP contribution >= 0.6 is 0 Å². The first kappa shape index (κ1) is 37.0. The summed E-state index contributed by atoms with van der Waals surface area (Å²) in [5.74, 6) is -0.544. The lowest BCUT2D eigenvalue weighted by molar-refractivity contribution is -0.385. The van der Waals surface area contributed by atoms with Gasteiger partial charge in [0.2, 0.25) is 0 Å². The number of rotatable bonds is 3. The van der Waals surface area contributed by atoms with E-state index in [9.17, 15) is 24.5 Å². The molecule has 11 heteroatoms. The predicted molar refractivity (Wildman–Crippen MR) is 161 cm³/mol. The van der Waals surface area contributed by atoms with Crippen molar-refractivity contribution in [3.05, 3.63) is 67.8 Å². The van der Waals surface area contributed by atoms with Crippen LogP contribution in [0.3, 0.4) is 0 Å². The van der Waals surface area contributed by atoms with Crippen LogP contribution in [0.25, 0.3) is 0 Å². The van der Waals surface area contributed by atoms with Gasteiger partial charge in [0, 0.05) is 12.3 Å². The van der Waals surface area contributed by atoms with Crippen molar-refractivity contribution >= 4 is 35.7 Å². The monoisotopic (exact) mass is 572 g/mol. The Morgan fingerprint density at radius 3 is 2.17 bits per heavy atom. The molecule has 0 aromatic heterocycles. The van der Waals surface area contributed by atoms with Crippen LogP contribution in [0.1, 0.15) is 72.7 Å². The quantitative estimate of drug-likeness (QED) is 0.267. The number of nitrogens with zero attached hydrogens (tertiary/aromatic N) is 4. The molecule has 2 saturated heterocycles. The van der Waals surface area contributed by atoms with Gasteiger partial charge in [-0.25, -0.2) is 0 Å². The van der Waals surface area contributed by atoms with Gasteiger partial charge in [-0.3, -0.25) is 24.7 Å². The molecule has 3 aliphatic heterocycles. The lowest BCUT2D eigenvalue weighted by Crippen LogP contribution is -2.37. The lowest BCUT2D eigenvalue weighted by atomic mass is 10.0. The minimum atomic E-state index is -0.691. The predicted octanol–water partition coefficient (Wildman–Crippen LogP) is 5.57. The van der Waals surface area contributed by atoms with Crippen LogP contribution in [-0.2, 0) is 14.3 Å². The highest BCUT2D eigenvalue weighted by molar-refractivity contribution is 6.03. The van der Waals surface area contributed by atoms with Crippen molar-refractivity contribution < 1.29 is 28.8 Å². The normalized spacial score (nSPS) is 18.1. The number of fused-ring (bicyclic) bond motifs is 2. The summed E-state index contributed by atoms with van der Waals surface area (Å²) in [5, 5.41) is 11.1. The average molecular weight is 573 g/mol. The maximum Gasteiger partial charge on any atom is 0.282 e. The van der Waals surface area contributed by atoms with Gasteiger partial charge in [0.05, 0.1) is 35.4 Å². The molecule has 226 valence electrons. The van der Waals surface area contributed by atoms with Gasteiger partial charge in [0.15, 0.2) is 0 Å². The van der Waals surface area contributed by atoms with Crippen LogP contribution < -0.4 is 0 Å². The number of aliphatic imine (C=N–C) groups is 1. The maximum atomic E-state index is 12.4. The molecule has 0 N–H and O–H groups in total. The van der Waals surface area contributed by atoms with E-state index in [2.05, 4.69) is 4.99 Å². The van der Waals surface area contributed by atoms with Gasteiger partial charge in [-0.15, -0.1) is 0 Å². The number of aldehydes is 1. The third kappa shape index (κ3) is 7.42. The largest absolute Gasteiger partial charge is 0.358 e. The van der Waals surface area contributed by atoms with Gasteiger partial charge in [0.25, 0.3) is 17.5 Å². The molecule has 0 unspecified atom stereocenters. The fraction of sp³-hybridized carbons (Fsp3) is 0.467. The summed E-state index contributed by atoms with van der Waals surface area (Å²) in [4.78, 5) is 53.5. The topological polar surface area (TPSA) is 132 Å². The minimum Gasteiger partial charge on any atom is -0.358 e. The van der Waals surface area contributed by atoms with Crippen molar-refractivity contribution in [1.82, 2.24) is 9.80 Å². The number of ether oxygens (including phenoxy) is 2. The highest BCUT2D eigenvalue weighted by atomic mass is 16.6. The second kappa shape index (κ2) is 15.2. The summed E-state index contributed by atoms with van der Waals surface area (Å²) in [6.07, 6.45) is 2.42. The molecule has 2 atom stereocenters. The first-order valence-electron chi connectivity index (χ1n) is 11.8. The molecule has 0 bridgehead atoms. The zero-order chi connectivity index (χ0) is 26.9. The van der Waals surface area contributed by atoms with Gasteiger partial charge < -0.3 is 24.1 Å². The smallest absolute Gasteiger partial charge is 0.282 e. The molecule has 2 aromatic rings. The first-order chi connectivity index (χ1) is 17.6. The van der Waals surface area contributed by atoms with E-state index in [1.807, 2.05) is 32.2 Å². The van der Waals surface area contributed by atoms with Crippen LogP contribution in [-0.4, -0.2) is 77.8 Å². The SMILES string of the molecule is C.C.C.C.Cc1cc(C(=O)N2COC[C@H]2C=O)c([N+](=O)[O-])cc1C.Cc1cc2c(cc1C)C(=O)N1COC[C@H]1C=N2. The molecule has 2 fully saturated rings. The summed E-state index contributed by atoms with van der Waals surface area (Å²) in [7, 11) is 0. The van der Waals surface area contributed by atoms with Crippen molar-refractivity contribution in [1.29, 1.82) is 0 Å². The fourth-order valence-corrected chi connectivity index (χ4v) is 4.25. The van der Waals surface area contributed by atoms with Crippen molar-refractivity contribution in [3.63, 3.8) is 0 Å². The van der Waals surface area contributed by atoms with Crippen LogP contribution in [0, 0.1) is 37.8 Å². The third-order valence-corrected chi connectivity index (χ3v) is 6.78. The van der Waals surface area contributed by atoms with E-state index in [1.54, 1.807) is 18.7 Å². The Kier molecular flexibility index (Phi) is 13.7. The van der Waals surface area contributed by atoms with E-state index in [0.29, 0.717) is 25.2 Å². The van der Waals surface area contributed by atoms with Gasteiger partial charge in [0.1, 0.15) is 31.4 Å². The van der Waals surface area contributed by atoms with Crippen LogP contribution in [0.5, 0.6) is 0 Å². The summed E-state index contributed by atoms with van der Waals surface area (Å²) >= 11 is 0. The number of amides is 2. The van der Waals surface area contributed by atoms with E-state index in [-0.39, 0.29) is 66.2 Å². The molecule has 0 radical (unpaired) electrons. The van der Waals surface area contributed by atoms with E-state index < -0.39 is 16.9 Å². The minimum absolute atomic E-state index is 0. The Morgan fingerprint density at radius 1 is 0.951 bits per heavy atom. The molecule has 2 aromatic carbocycles. The van der Waals surface area contributed by atoms with E-state index in [4.69, 9.17) is 9.47 Å². The molecular formula is C30H44N4O7. The molecule has 5 rings (SSSR count). The van der Waals surface area contributed by atoms with Crippen LogP contribution in [0.4, 0.5) is 11.4 Å². The third-order valence-electron chi connectivity index (χ3n) is 6.78. The van der Waals surface area contributed by atoms with Gasteiger partial charge in [-0.2, -0.15) is 0 Å². The summed E-state index contributed by atoms with van der Waals surface area (Å²) in [6.45, 7) is 8.54. The molecular weight excluding hydrogens is 528 g/mol. The Balaban J connectivity index is 0.000000717. The van der Waals surface area contributed by atoms with Crippen molar-refractivity contribution in [2.45, 2.75) is 69.5 Å². The zero-order valence-corrected chi connectivity index (χ0v) is 21.1. The van der Waals surface area contributed by atoms with Crippen molar-refractivity contribution in [2.75, 3.05) is 26.7 Å². The Hall–Kier alpha value is -3.96. The molecule has 0 saturated carbocycles. The first-order valence-corrected chi connectivity index (χ1v) is 11.8. The van der Waals surface area contributed by atoms with Crippen LogP contribution in [0.15, 0.2) is 29.3 Å². The van der Waals surface area contributed by atoms with Crippen molar-refractivity contribution in [2.24, 2.45) is 4.99 Å². The number of aryl methyl sites for hydroxylation is 4. The van der Waals surface area contributed by atoms with Gasteiger partial charge in [-0.1, -0.05) is 29.7 Å². The molecule has 2 amide bonds. The summed E-state index contributed by atoms with van der Waals surface area (Å²) in [6, 6.07) is 6.04.